The van der Waals surface area contributed by atoms with Crippen molar-refractivity contribution in [2.45, 2.75) is 25.8 Å². The van der Waals surface area contributed by atoms with E-state index < -0.39 is 0 Å². The summed E-state index contributed by atoms with van der Waals surface area (Å²) in [5.41, 5.74) is 0.555. The lowest BCUT2D eigenvalue weighted by molar-refractivity contribution is 0.0936. The standard InChI is InChI=1S/C19H25N3O3/c1-14-7-9-22(16(12-14)17-4-3-10-25-17)18-6-5-15(13-21-18)19(23)20-8-11-24-2/h3-6,10,13-14,16H,7-9,11-12H2,1-2H3,(H,20,23)/t14-,16+/m0/s1. The first-order valence-corrected chi connectivity index (χ1v) is 8.72. The lowest BCUT2D eigenvalue weighted by Gasteiger charge is -2.38. The highest BCUT2D eigenvalue weighted by Crippen LogP contribution is 2.36. The molecule has 0 radical (unpaired) electrons. The number of rotatable bonds is 6. The molecule has 0 unspecified atom stereocenters. The van der Waals surface area contributed by atoms with Crippen molar-refractivity contribution in [2.24, 2.45) is 5.92 Å². The number of carbonyl (C=O) groups is 1. The van der Waals surface area contributed by atoms with Crippen LogP contribution in [-0.2, 0) is 4.74 Å². The van der Waals surface area contributed by atoms with Gasteiger partial charge in [0, 0.05) is 26.4 Å². The molecule has 134 valence electrons. The topological polar surface area (TPSA) is 67.6 Å². The molecule has 2 aromatic rings. The molecule has 2 aromatic heterocycles. The van der Waals surface area contributed by atoms with Crippen molar-refractivity contribution in [2.75, 3.05) is 31.7 Å². The van der Waals surface area contributed by atoms with E-state index in [1.165, 1.54) is 0 Å². The van der Waals surface area contributed by atoms with Gasteiger partial charge in [0.25, 0.3) is 5.91 Å². The number of ether oxygens (including phenoxy) is 1. The summed E-state index contributed by atoms with van der Waals surface area (Å²) in [6, 6.07) is 7.87. The van der Waals surface area contributed by atoms with E-state index in [1.54, 1.807) is 19.6 Å². The Morgan fingerprint density at radius 3 is 3.00 bits per heavy atom. The van der Waals surface area contributed by atoms with Crippen molar-refractivity contribution in [3.63, 3.8) is 0 Å². The smallest absolute Gasteiger partial charge is 0.252 e. The third-order valence-corrected chi connectivity index (χ3v) is 4.63. The maximum Gasteiger partial charge on any atom is 0.252 e. The Morgan fingerprint density at radius 2 is 2.32 bits per heavy atom. The predicted molar refractivity (Wildman–Crippen MR) is 95.6 cm³/mol. The summed E-state index contributed by atoms with van der Waals surface area (Å²) in [5, 5.41) is 2.80. The molecule has 1 amide bonds. The maximum absolute atomic E-state index is 12.1. The molecule has 1 N–H and O–H groups in total. The number of furan rings is 1. The Labute approximate surface area is 148 Å². The summed E-state index contributed by atoms with van der Waals surface area (Å²) < 4.78 is 10.6. The average molecular weight is 343 g/mol. The Hall–Kier alpha value is -2.34. The van der Waals surface area contributed by atoms with Crippen LogP contribution in [0.4, 0.5) is 5.82 Å². The minimum atomic E-state index is -0.133. The van der Waals surface area contributed by atoms with Crippen LogP contribution in [0, 0.1) is 5.92 Å². The number of pyridine rings is 1. The van der Waals surface area contributed by atoms with Gasteiger partial charge in [-0.25, -0.2) is 4.98 Å². The largest absolute Gasteiger partial charge is 0.467 e. The van der Waals surface area contributed by atoms with E-state index in [-0.39, 0.29) is 11.9 Å². The van der Waals surface area contributed by atoms with Crippen molar-refractivity contribution in [3.8, 4) is 0 Å². The van der Waals surface area contributed by atoms with Crippen LogP contribution in [0.1, 0.15) is 41.9 Å². The van der Waals surface area contributed by atoms with E-state index in [9.17, 15) is 4.79 Å². The molecule has 0 bridgehead atoms. The highest BCUT2D eigenvalue weighted by atomic mass is 16.5. The lowest BCUT2D eigenvalue weighted by Crippen LogP contribution is -2.36. The number of anilines is 1. The van der Waals surface area contributed by atoms with Gasteiger partial charge in [-0.1, -0.05) is 6.92 Å². The number of hydrogen-bond acceptors (Lipinski definition) is 5. The fraction of sp³-hybridized carbons (Fsp3) is 0.474. The van der Waals surface area contributed by atoms with Crippen molar-refractivity contribution in [1.82, 2.24) is 10.3 Å². The Kier molecular flexibility index (Phi) is 5.71. The third-order valence-electron chi connectivity index (χ3n) is 4.63. The van der Waals surface area contributed by atoms with Gasteiger partial charge in [-0.3, -0.25) is 4.79 Å². The van der Waals surface area contributed by atoms with Crippen molar-refractivity contribution >= 4 is 11.7 Å². The van der Waals surface area contributed by atoms with Crippen LogP contribution in [0.25, 0.3) is 0 Å². The molecule has 1 aliphatic rings. The van der Waals surface area contributed by atoms with E-state index in [4.69, 9.17) is 9.15 Å². The first-order valence-electron chi connectivity index (χ1n) is 8.72. The molecular formula is C19H25N3O3. The molecular weight excluding hydrogens is 318 g/mol. The monoisotopic (exact) mass is 343 g/mol. The molecule has 1 aliphatic heterocycles. The molecule has 3 heterocycles. The minimum Gasteiger partial charge on any atom is -0.467 e. The number of hydrogen-bond donors (Lipinski definition) is 1. The van der Waals surface area contributed by atoms with Crippen molar-refractivity contribution in [1.29, 1.82) is 0 Å². The second kappa shape index (κ2) is 8.16. The van der Waals surface area contributed by atoms with Gasteiger partial charge in [-0.15, -0.1) is 0 Å². The summed E-state index contributed by atoms with van der Waals surface area (Å²) in [4.78, 5) is 18.9. The van der Waals surface area contributed by atoms with E-state index in [1.807, 2.05) is 24.3 Å². The lowest BCUT2D eigenvalue weighted by atomic mass is 9.91. The molecule has 1 fully saturated rings. The van der Waals surface area contributed by atoms with Gasteiger partial charge in [0.2, 0.25) is 0 Å². The number of amides is 1. The number of piperidine rings is 1. The van der Waals surface area contributed by atoms with E-state index >= 15 is 0 Å². The predicted octanol–water partition coefficient (Wildman–Crippen LogP) is 3.03. The van der Waals surface area contributed by atoms with Crippen molar-refractivity contribution in [3.05, 3.63) is 48.0 Å². The number of nitrogens with one attached hydrogen (secondary N) is 1. The van der Waals surface area contributed by atoms with Gasteiger partial charge >= 0.3 is 0 Å². The summed E-state index contributed by atoms with van der Waals surface area (Å²) in [7, 11) is 1.61. The second-order valence-electron chi connectivity index (χ2n) is 6.51. The quantitative estimate of drug-likeness (QED) is 0.817. The summed E-state index contributed by atoms with van der Waals surface area (Å²) in [5.74, 6) is 2.36. The molecule has 0 aliphatic carbocycles. The van der Waals surface area contributed by atoms with Gasteiger partial charge < -0.3 is 19.4 Å². The highest BCUT2D eigenvalue weighted by molar-refractivity contribution is 5.94. The highest BCUT2D eigenvalue weighted by Gasteiger charge is 2.30. The summed E-state index contributed by atoms with van der Waals surface area (Å²) >= 11 is 0. The second-order valence-corrected chi connectivity index (χ2v) is 6.51. The summed E-state index contributed by atoms with van der Waals surface area (Å²) in [6.07, 6.45) is 5.51. The zero-order valence-electron chi connectivity index (χ0n) is 14.8. The minimum absolute atomic E-state index is 0.133. The van der Waals surface area contributed by atoms with Crippen LogP contribution < -0.4 is 10.2 Å². The number of aromatic nitrogens is 1. The average Bonchev–Trinajstić information content (AvgIpc) is 3.16. The van der Waals surface area contributed by atoms with E-state index in [2.05, 4.69) is 22.1 Å². The maximum atomic E-state index is 12.1. The zero-order valence-corrected chi connectivity index (χ0v) is 14.8. The van der Waals surface area contributed by atoms with Crippen LogP contribution in [-0.4, -0.2) is 37.7 Å². The fourth-order valence-corrected chi connectivity index (χ4v) is 3.23. The molecule has 0 spiro atoms. The molecule has 2 atom stereocenters. The molecule has 3 rings (SSSR count). The van der Waals surface area contributed by atoms with Gasteiger partial charge in [0.1, 0.15) is 11.6 Å². The van der Waals surface area contributed by atoms with Crippen LogP contribution >= 0.6 is 0 Å². The fourth-order valence-electron chi connectivity index (χ4n) is 3.23. The molecule has 0 saturated carbocycles. The van der Waals surface area contributed by atoms with Crippen molar-refractivity contribution < 1.29 is 13.9 Å². The van der Waals surface area contributed by atoms with Gasteiger partial charge in [0.05, 0.1) is 24.5 Å². The third kappa shape index (κ3) is 4.20. The SMILES string of the molecule is COCCNC(=O)c1ccc(N2CC[C@H](C)C[C@@H]2c2ccco2)nc1. The Morgan fingerprint density at radius 1 is 1.44 bits per heavy atom. The molecule has 6 heteroatoms. The molecule has 0 aromatic carbocycles. The molecule has 1 saturated heterocycles. The zero-order chi connectivity index (χ0) is 17.6. The Balaban J connectivity index is 1.72. The van der Waals surface area contributed by atoms with Crippen LogP contribution in [0.5, 0.6) is 0 Å². The summed E-state index contributed by atoms with van der Waals surface area (Å²) in [6.45, 7) is 4.18. The first-order chi connectivity index (χ1) is 12.2. The number of carbonyl (C=O) groups excluding carboxylic acids is 1. The number of methoxy groups -OCH3 is 1. The van der Waals surface area contributed by atoms with Crippen LogP contribution in [0.15, 0.2) is 41.1 Å². The first kappa shape index (κ1) is 17.5. The van der Waals surface area contributed by atoms with E-state index in [0.29, 0.717) is 24.6 Å². The Bertz CT molecular complexity index is 670. The van der Waals surface area contributed by atoms with Gasteiger partial charge in [-0.05, 0) is 43.0 Å². The van der Waals surface area contributed by atoms with Gasteiger partial charge in [0.15, 0.2) is 0 Å². The van der Waals surface area contributed by atoms with Crippen LogP contribution in [0.2, 0.25) is 0 Å². The van der Waals surface area contributed by atoms with Gasteiger partial charge in [-0.2, -0.15) is 0 Å². The van der Waals surface area contributed by atoms with E-state index in [0.717, 1.165) is 31.0 Å². The molecule has 6 nitrogen and oxygen atoms in total. The molecule has 25 heavy (non-hydrogen) atoms. The normalized spacial score (nSPS) is 20.5. The van der Waals surface area contributed by atoms with Crippen LogP contribution in [0.3, 0.4) is 0 Å². The number of nitrogens with zero attached hydrogens (tertiary/aromatic N) is 2.